The van der Waals surface area contributed by atoms with Gasteiger partial charge in [-0.25, -0.2) is 8.42 Å². The SMILES string of the molecule is O=S(=O)(CCNC1CC1)N1CCN(C2CC2)CC1. The van der Waals surface area contributed by atoms with Gasteiger partial charge in [0.25, 0.3) is 0 Å². The van der Waals surface area contributed by atoms with Gasteiger partial charge in [-0.3, -0.25) is 4.90 Å². The Morgan fingerprint density at radius 3 is 2.22 bits per heavy atom. The molecule has 2 saturated carbocycles. The summed E-state index contributed by atoms with van der Waals surface area (Å²) in [5.74, 6) is 0.257. The van der Waals surface area contributed by atoms with Gasteiger partial charge >= 0.3 is 0 Å². The van der Waals surface area contributed by atoms with E-state index in [0.29, 0.717) is 25.7 Å². The van der Waals surface area contributed by atoms with Crippen molar-refractivity contribution in [3.63, 3.8) is 0 Å². The fourth-order valence-electron chi connectivity index (χ4n) is 2.60. The molecule has 104 valence electrons. The van der Waals surface area contributed by atoms with Crippen molar-refractivity contribution in [2.45, 2.75) is 37.8 Å². The predicted octanol–water partition coefficient (Wildman–Crippen LogP) is -0.152. The lowest BCUT2D eigenvalue weighted by Crippen LogP contribution is -2.50. The topological polar surface area (TPSA) is 52.7 Å². The highest BCUT2D eigenvalue weighted by Gasteiger charge is 2.34. The van der Waals surface area contributed by atoms with Gasteiger partial charge in [-0.15, -0.1) is 0 Å². The zero-order valence-electron chi connectivity index (χ0n) is 10.8. The molecule has 1 aliphatic heterocycles. The largest absolute Gasteiger partial charge is 0.313 e. The number of hydrogen-bond donors (Lipinski definition) is 1. The van der Waals surface area contributed by atoms with Crippen molar-refractivity contribution >= 4 is 10.0 Å². The lowest BCUT2D eigenvalue weighted by atomic mass is 10.3. The summed E-state index contributed by atoms with van der Waals surface area (Å²) in [7, 11) is -3.04. The highest BCUT2D eigenvalue weighted by Crippen LogP contribution is 2.27. The van der Waals surface area contributed by atoms with Crippen LogP contribution in [0.3, 0.4) is 0 Å². The number of nitrogens with one attached hydrogen (secondary N) is 1. The lowest BCUT2D eigenvalue weighted by Gasteiger charge is -2.34. The van der Waals surface area contributed by atoms with Crippen molar-refractivity contribution < 1.29 is 8.42 Å². The normalized spacial score (nSPS) is 27.6. The lowest BCUT2D eigenvalue weighted by molar-refractivity contribution is 0.180. The molecule has 0 atom stereocenters. The van der Waals surface area contributed by atoms with Gasteiger partial charge in [0.2, 0.25) is 10.0 Å². The summed E-state index contributed by atoms with van der Waals surface area (Å²) in [5.41, 5.74) is 0. The Morgan fingerprint density at radius 2 is 1.67 bits per heavy atom. The number of hydrogen-bond acceptors (Lipinski definition) is 4. The summed E-state index contributed by atoms with van der Waals surface area (Å²) in [5, 5.41) is 3.27. The van der Waals surface area contributed by atoms with E-state index in [1.54, 1.807) is 4.31 Å². The third-order valence-corrected chi connectivity index (χ3v) is 5.97. The zero-order chi connectivity index (χ0) is 12.6. The average molecular weight is 273 g/mol. The first-order chi connectivity index (χ1) is 8.65. The van der Waals surface area contributed by atoms with Crippen molar-refractivity contribution in [2.24, 2.45) is 0 Å². The monoisotopic (exact) mass is 273 g/mol. The van der Waals surface area contributed by atoms with E-state index in [-0.39, 0.29) is 5.75 Å². The van der Waals surface area contributed by atoms with E-state index in [2.05, 4.69) is 10.2 Å². The van der Waals surface area contributed by atoms with Gasteiger partial charge in [0, 0.05) is 44.8 Å². The van der Waals surface area contributed by atoms with Crippen molar-refractivity contribution in [2.75, 3.05) is 38.5 Å². The van der Waals surface area contributed by atoms with Crippen LogP contribution in [0.4, 0.5) is 0 Å². The van der Waals surface area contributed by atoms with Gasteiger partial charge in [-0.05, 0) is 25.7 Å². The Morgan fingerprint density at radius 1 is 1.00 bits per heavy atom. The molecule has 18 heavy (non-hydrogen) atoms. The second-order valence-electron chi connectivity index (χ2n) is 5.71. The summed E-state index contributed by atoms with van der Waals surface area (Å²) in [6, 6.07) is 1.35. The summed E-state index contributed by atoms with van der Waals surface area (Å²) >= 11 is 0. The van der Waals surface area contributed by atoms with E-state index < -0.39 is 10.0 Å². The molecule has 3 rings (SSSR count). The maximum Gasteiger partial charge on any atom is 0.215 e. The zero-order valence-corrected chi connectivity index (χ0v) is 11.7. The van der Waals surface area contributed by atoms with Crippen LogP contribution < -0.4 is 5.32 Å². The molecule has 1 heterocycles. The fraction of sp³-hybridized carbons (Fsp3) is 1.00. The highest BCUT2D eigenvalue weighted by molar-refractivity contribution is 7.89. The molecular formula is C12H23N3O2S. The van der Waals surface area contributed by atoms with Crippen LogP contribution in [0.25, 0.3) is 0 Å². The number of piperazine rings is 1. The first-order valence-electron chi connectivity index (χ1n) is 7.10. The fourth-order valence-corrected chi connectivity index (χ4v) is 3.95. The third-order valence-electron chi connectivity index (χ3n) is 4.10. The minimum atomic E-state index is -3.04. The molecule has 0 amide bonds. The summed E-state index contributed by atoms with van der Waals surface area (Å²) in [6.07, 6.45) is 5.02. The van der Waals surface area contributed by atoms with E-state index in [4.69, 9.17) is 0 Å². The van der Waals surface area contributed by atoms with Crippen LogP contribution in [0.5, 0.6) is 0 Å². The summed E-state index contributed by atoms with van der Waals surface area (Å²) in [6.45, 7) is 3.81. The average Bonchev–Trinajstić information content (AvgIpc) is 3.23. The van der Waals surface area contributed by atoms with Crippen LogP contribution in [-0.4, -0.2) is 68.2 Å². The van der Waals surface area contributed by atoms with E-state index >= 15 is 0 Å². The molecule has 1 saturated heterocycles. The van der Waals surface area contributed by atoms with Crippen LogP contribution in [-0.2, 0) is 10.0 Å². The Bertz CT molecular complexity index is 382. The molecule has 1 N–H and O–H groups in total. The molecule has 0 aromatic heterocycles. The number of rotatable bonds is 6. The number of sulfonamides is 1. The van der Waals surface area contributed by atoms with Gasteiger partial charge in [0.05, 0.1) is 5.75 Å². The first kappa shape index (κ1) is 12.8. The second-order valence-corrected chi connectivity index (χ2v) is 7.80. The van der Waals surface area contributed by atoms with Gasteiger partial charge < -0.3 is 5.32 Å². The molecule has 5 nitrogen and oxygen atoms in total. The van der Waals surface area contributed by atoms with Gasteiger partial charge in [0.15, 0.2) is 0 Å². The molecule has 0 spiro atoms. The van der Waals surface area contributed by atoms with Gasteiger partial charge in [0.1, 0.15) is 0 Å². The van der Waals surface area contributed by atoms with Gasteiger partial charge in [-0.1, -0.05) is 0 Å². The smallest absolute Gasteiger partial charge is 0.215 e. The minimum Gasteiger partial charge on any atom is -0.313 e. The quantitative estimate of drug-likeness (QED) is 0.731. The van der Waals surface area contributed by atoms with Crippen LogP contribution in [0.15, 0.2) is 0 Å². The molecule has 0 bridgehead atoms. The molecule has 0 aromatic carbocycles. The molecule has 2 aliphatic carbocycles. The van der Waals surface area contributed by atoms with E-state index in [1.165, 1.54) is 25.7 Å². The highest BCUT2D eigenvalue weighted by atomic mass is 32.2. The molecule has 0 aromatic rings. The standard InChI is InChI=1S/C12H23N3O2S/c16-18(17,10-5-13-11-1-2-11)15-8-6-14(7-9-15)12-3-4-12/h11-13H,1-10H2. The van der Waals surface area contributed by atoms with Crippen molar-refractivity contribution in [3.8, 4) is 0 Å². The van der Waals surface area contributed by atoms with E-state index in [0.717, 1.165) is 19.1 Å². The van der Waals surface area contributed by atoms with Crippen molar-refractivity contribution in [1.29, 1.82) is 0 Å². The molecule has 0 radical (unpaired) electrons. The predicted molar refractivity (Wildman–Crippen MR) is 71.0 cm³/mol. The van der Waals surface area contributed by atoms with Crippen molar-refractivity contribution in [1.82, 2.24) is 14.5 Å². The minimum absolute atomic E-state index is 0.257. The molecule has 0 unspecified atom stereocenters. The summed E-state index contributed by atoms with van der Waals surface area (Å²) < 4.78 is 26.0. The molecule has 3 aliphatic rings. The number of nitrogens with zero attached hydrogens (tertiary/aromatic N) is 2. The molecular weight excluding hydrogens is 250 g/mol. The maximum absolute atomic E-state index is 12.1. The Labute approximate surface area is 110 Å². The van der Waals surface area contributed by atoms with E-state index in [1.807, 2.05) is 0 Å². The van der Waals surface area contributed by atoms with Crippen LogP contribution in [0.1, 0.15) is 25.7 Å². The van der Waals surface area contributed by atoms with Crippen molar-refractivity contribution in [3.05, 3.63) is 0 Å². The van der Waals surface area contributed by atoms with Crippen LogP contribution >= 0.6 is 0 Å². The maximum atomic E-state index is 12.1. The van der Waals surface area contributed by atoms with Crippen LogP contribution in [0.2, 0.25) is 0 Å². The Balaban J connectivity index is 1.44. The third kappa shape index (κ3) is 3.23. The molecule has 3 fully saturated rings. The summed E-state index contributed by atoms with van der Waals surface area (Å²) in [4.78, 5) is 2.44. The van der Waals surface area contributed by atoms with Gasteiger partial charge in [-0.2, -0.15) is 4.31 Å². The Hall–Kier alpha value is -0.170. The first-order valence-corrected chi connectivity index (χ1v) is 8.71. The van der Waals surface area contributed by atoms with E-state index in [9.17, 15) is 8.42 Å². The Kier molecular flexibility index (Phi) is 3.62. The molecule has 6 heteroatoms. The van der Waals surface area contributed by atoms with Crippen LogP contribution in [0, 0.1) is 0 Å². The second kappa shape index (κ2) is 5.07.